The van der Waals surface area contributed by atoms with Crippen LogP contribution in [0.2, 0.25) is 5.02 Å². The van der Waals surface area contributed by atoms with E-state index in [-0.39, 0.29) is 0 Å². The molecular formula is C14H16BrClN2S. The average molecular weight is 360 g/mol. The third-order valence-corrected chi connectivity index (χ3v) is 6.38. The molecule has 0 aromatic heterocycles. The number of hydrogen-bond acceptors (Lipinski definition) is 3. The van der Waals surface area contributed by atoms with Crippen LogP contribution in [0.5, 0.6) is 0 Å². The first-order valence-corrected chi connectivity index (χ1v) is 8.72. The number of hydrogen-bond donors (Lipinski definition) is 1. The van der Waals surface area contributed by atoms with Crippen LogP contribution < -0.4 is 5.32 Å². The molecule has 1 aromatic rings. The highest BCUT2D eigenvalue weighted by Crippen LogP contribution is 2.43. The Labute approximate surface area is 131 Å². The molecule has 102 valence electrons. The highest BCUT2D eigenvalue weighted by atomic mass is 79.9. The molecule has 1 saturated carbocycles. The lowest BCUT2D eigenvalue weighted by atomic mass is 9.89. The van der Waals surface area contributed by atoms with Gasteiger partial charge < -0.3 is 5.32 Å². The molecule has 0 unspecified atom stereocenters. The van der Waals surface area contributed by atoms with Crippen molar-refractivity contribution in [3.63, 3.8) is 0 Å². The first-order chi connectivity index (χ1) is 9.17. The summed E-state index contributed by atoms with van der Waals surface area (Å²) in [6.07, 6.45) is 5.46. The maximum Gasteiger partial charge on any atom is 0.161 e. The van der Waals surface area contributed by atoms with Crippen LogP contribution in [0.3, 0.4) is 0 Å². The zero-order valence-electron chi connectivity index (χ0n) is 10.6. The highest BCUT2D eigenvalue weighted by Gasteiger charge is 2.36. The molecule has 1 aromatic carbocycles. The fraction of sp³-hybridized carbons (Fsp3) is 0.500. The largest absolute Gasteiger partial charge is 0.335 e. The van der Waals surface area contributed by atoms with Gasteiger partial charge in [0.05, 0.1) is 5.02 Å². The second-order valence-electron chi connectivity index (χ2n) is 5.37. The molecule has 2 nitrogen and oxygen atoms in total. The van der Waals surface area contributed by atoms with Gasteiger partial charge in [0.1, 0.15) is 0 Å². The summed E-state index contributed by atoms with van der Waals surface area (Å²) in [5, 5.41) is 5.14. The molecule has 19 heavy (non-hydrogen) atoms. The molecule has 0 bridgehead atoms. The predicted molar refractivity (Wildman–Crippen MR) is 88.4 cm³/mol. The molecule has 1 fully saturated rings. The summed E-state index contributed by atoms with van der Waals surface area (Å²) in [7, 11) is 0. The number of amidine groups is 1. The van der Waals surface area contributed by atoms with Crippen LogP contribution in [0, 0.1) is 5.41 Å². The quantitative estimate of drug-likeness (QED) is 0.747. The molecule has 1 heterocycles. The summed E-state index contributed by atoms with van der Waals surface area (Å²) in [4.78, 5) is 4.73. The number of anilines is 1. The summed E-state index contributed by atoms with van der Waals surface area (Å²) in [6.45, 7) is 0.983. The molecule has 1 aliphatic carbocycles. The van der Waals surface area contributed by atoms with E-state index in [0.29, 0.717) is 5.41 Å². The summed E-state index contributed by atoms with van der Waals surface area (Å²) in [5.74, 6) is 1.20. The van der Waals surface area contributed by atoms with E-state index < -0.39 is 0 Å². The van der Waals surface area contributed by atoms with Crippen molar-refractivity contribution in [2.45, 2.75) is 25.7 Å². The smallest absolute Gasteiger partial charge is 0.161 e. The van der Waals surface area contributed by atoms with Crippen LogP contribution in [-0.2, 0) is 0 Å². The van der Waals surface area contributed by atoms with Crippen LogP contribution >= 0.6 is 39.3 Å². The van der Waals surface area contributed by atoms with Crippen LogP contribution in [0.4, 0.5) is 5.69 Å². The van der Waals surface area contributed by atoms with Gasteiger partial charge in [-0.2, -0.15) is 0 Å². The van der Waals surface area contributed by atoms with Crippen molar-refractivity contribution >= 4 is 50.1 Å². The fourth-order valence-electron chi connectivity index (χ4n) is 2.75. The molecule has 2 aliphatic rings. The van der Waals surface area contributed by atoms with Gasteiger partial charge in [-0.05, 0) is 52.4 Å². The van der Waals surface area contributed by atoms with Crippen molar-refractivity contribution in [2.75, 3.05) is 17.6 Å². The van der Waals surface area contributed by atoms with E-state index in [1.807, 2.05) is 30.0 Å². The number of rotatable bonds is 1. The normalized spacial score (nSPS) is 21.5. The van der Waals surface area contributed by atoms with Crippen molar-refractivity contribution in [3.05, 3.63) is 27.7 Å². The van der Waals surface area contributed by atoms with Crippen LogP contribution in [0.15, 0.2) is 27.7 Å². The standard InChI is InChI=1S/C14H16BrClN2S/c15-11-7-10(3-4-12(11)16)18-13-17-8-14(9-19-13)5-1-2-6-14/h3-4,7H,1-2,5-6,8-9H2,(H,17,18). The van der Waals surface area contributed by atoms with Crippen LogP contribution in [0.25, 0.3) is 0 Å². The number of aliphatic imine (C=N–C) groups is 1. The van der Waals surface area contributed by atoms with E-state index in [4.69, 9.17) is 16.6 Å². The lowest BCUT2D eigenvalue weighted by molar-refractivity contribution is 0.359. The fourth-order valence-corrected chi connectivity index (χ4v) is 4.42. The molecular weight excluding hydrogens is 344 g/mol. The van der Waals surface area contributed by atoms with Gasteiger partial charge in [-0.15, -0.1) is 0 Å². The van der Waals surface area contributed by atoms with E-state index in [1.165, 1.54) is 31.4 Å². The topological polar surface area (TPSA) is 24.4 Å². The van der Waals surface area contributed by atoms with Crippen molar-refractivity contribution in [2.24, 2.45) is 10.4 Å². The zero-order chi connectivity index (χ0) is 13.3. The van der Waals surface area contributed by atoms with Crippen molar-refractivity contribution in [1.29, 1.82) is 0 Å². The number of nitrogens with one attached hydrogen (secondary N) is 1. The van der Waals surface area contributed by atoms with Gasteiger partial charge in [-0.1, -0.05) is 36.2 Å². The SMILES string of the molecule is Clc1ccc(NC2=NCC3(CCCC3)CS2)cc1Br. The van der Waals surface area contributed by atoms with Gasteiger partial charge >= 0.3 is 0 Å². The van der Waals surface area contributed by atoms with Crippen molar-refractivity contribution < 1.29 is 0 Å². The minimum absolute atomic E-state index is 0.496. The Morgan fingerprint density at radius 2 is 2.11 bits per heavy atom. The Morgan fingerprint density at radius 1 is 1.32 bits per heavy atom. The van der Waals surface area contributed by atoms with Crippen LogP contribution in [-0.4, -0.2) is 17.5 Å². The Bertz CT molecular complexity index is 512. The van der Waals surface area contributed by atoms with Gasteiger partial charge in [0, 0.05) is 22.5 Å². The Hall–Kier alpha value is -0.190. The molecule has 3 rings (SSSR count). The van der Waals surface area contributed by atoms with E-state index >= 15 is 0 Å². The van der Waals surface area contributed by atoms with E-state index in [2.05, 4.69) is 21.2 Å². The number of nitrogens with zero attached hydrogens (tertiary/aromatic N) is 1. The summed E-state index contributed by atoms with van der Waals surface area (Å²) in [5.41, 5.74) is 1.53. The maximum atomic E-state index is 6.00. The average Bonchev–Trinajstić information content (AvgIpc) is 2.86. The maximum absolute atomic E-state index is 6.00. The summed E-state index contributed by atoms with van der Waals surface area (Å²) in [6, 6.07) is 5.86. The van der Waals surface area contributed by atoms with Crippen molar-refractivity contribution in [3.8, 4) is 0 Å². The lowest BCUT2D eigenvalue weighted by Crippen LogP contribution is -2.30. The monoisotopic (exact) mass is 358 g/mol. The number of halogens is 2. The third-order valence-electron chi connectivity index (χ3n) is 3.91. The van der Waals surface area contributed by atoms with Gasteiger partial charge in [-0.25, -0.2) is 0 Å². The number of benzene rings is 1. The lowest BCUT2D eigenvalue weighted by Gasteiger charge is -2.31. The Kier molecular flexibility index (Phi) is 4.11. The first-order valence-electron chi connectivity index (χ1n) is 6.56. The molecule has 0 atom stereocenters. The summed E-state index contributed by atoms with van der Waals surface area (Å²) >= 11 is 11.3. The van der Waals surface area contributed by atoms with E-state index in [0.717, 1.165) is 26.9 Å². The predicted octanol–water partition coefficient (Wildman–Crippen LogP) is 5.18. The molecule has 1 spiro atoms. The molecule has 0 radical (unpaired) electrons. The van der Waals surface area contributed by atoms with Gasteiger partial charge in [0.25, 0.3) is 0 Å². The second kappa shape index (κ2) is 5.66. The second-order valence-corrected chi connectivity index (χ2v) is 7.60. The third kappa shape index (κ3) is 3.11. The highest BCUT2D eigenvalue weighted by molar-refractivity contribution is 9.10. The molecule has 1 N–H and O–H groups in total. The molecule has 1 aliphatic heterocycles. The molecule has 0 saturated heterocycles. The summed E-state index contributed by atoms with van der Waals surface area (Å²) < 4.78 is 0.910. The first kappa shape index (κ1) is 13.8. The van der Waals surface area contributed by atoms with E-state index in [1.54, 1.807) is 0 Å². The van der Waals surface area contributed by atoms with Gasteiger partial charge in [-0.3, -0.25) is 4.99 Å². The minimum Gasteiger partial charge on any atom is -0.335 e. The molecule has 5 heteroatoms. The van der Waals surface area contributed by atoms with E-state index in [9.17, 15) is 0 Å². The van der Waals surface area contributed by atoms with Gasteiger partial charge in [0.2, 0.25) is 0 Å². The van der Waals surface area contributed by atoms with Crippen LogP contribution in [0.1, 0.15) is 25.7 Å². The Balaban J connectivity index is 1.67. The molecule has 0 amide bonds. The van der Waals surface area contributed by atoms with Crippen molar-refractivity contribution in [1.82, 2.24) is 0 Å². The Morgan fingerprint density at radius 3 is 2.74 bits per heavy atom. The van der Waals surface area contributed by atoms with Gasteiger partial charge in [0.15, 0.2) is 5.17 Å². The minimum atomic E-state index is 0.496. The number of thioether (sulfide) groups is 1. The zero-order valence-corrected chi connectivity index (χ0v) is 13.7.